The predicted molar refractivity (Wildman–Crippen MR) is 175 cm³/mol. The molecule has 2 aromatic rings. The SMILES string of the molecule is CC(C)OC(=O)N1CCC([C@@H](C)Oc2ccc(-c3ccc4c(c3)CN(C(=O)OC(C)(C)C)C(C(=O)N3CCCC3C#N)C4)cn2)CC1. The fraction of sp³-hybridized carbons (Fsp3) is 0.583. The van der Waals surface area contributed by atoms with Gasteiger partial charge in [-0.2, -0.15) is 5.26 Å². The lowest BCUT2D eigenvalue weighted by molar-refractivity contribution is -0.137. The minimum Gasteiger partial charge on any atom is -0.474 e. The van der Waals surface area contributed by atoms with Crippen LogP contribution in [0.5, 0.6) is 5.88 Å². The Morgan fingerprint density at radius 2 is 1.66 bits per heavy atom. The van der Waals surface area contributed by atoms with E-state index in [-0.39, 0.29) is 30.8 Å². The summed E-state index contributed by atoms with van der Waals surface area (Å²) in [6, 6.07) is 10.9. The molecule has 1 aromatic heterocycles. The maximum atomic E-state index is 13.7. The molecule has 2 unspecified atom stereocenters. The monoisotopic (exact) mass is 645 g/mol. The molecule has 0 bridgehead atoms. The molecular weight excluding hydrogens is 598 g/mol. The van der Waals surface area contributed by atoms with Crippen molar-refractivity contribution in [2.45, 2.75) is 110 Å². The lowest BCUT2D eigenvalue weighted by Crippen LogP contribution is -2.55. The smallest absolute Gasteiger partial charge is 0.411 e. The second-order valence-corrected chi connectivity index (χ2v) is 14.1. The van der Waals surface area contributed by atoms with Crippen molar-refractivity contribution >= 4 is 18.1 Å². The molecule has 4 heterocycles. The van der Waals surface area contributed by atoms with E-state index in [2.05, 4.69) is 11.1 Å². The van der Waals surface area contributed by atoms with Crippen LogP contribution in [-0.2, 0) is 27.2 Å². The molecule has 5 rings (SSSR count). The molecule has 11 nitrogen and oxygen atoms in total. The predicted octanol–water partition coefficient (Wildman–Crippen LogP) is 5.95. The Bertz CT molecular complexity index is 1490. The normalized spacial score (nSPS) is 20.8. The number of aromatic nitrogens is 1. The van der Waals surface area contributed by atoms with Crippen molar-refractivity contribution in [3.63, 3.8) is 0 Å². The summed E-state index contributed by atoms with van der Waals surface area (Å²) in [6.45, 7) is 13.2. The molecule has 1 aromatic carbocycles. The zero-order valence-electron chi connectivity index (χ0n) is 28.4. The third-order valence-corrected chi connectivity index (χ3v) is 9.11. The molecule has 47 heavy (non-hydrogen) atoms. The summed E-state index contributed by atoms with van der Waals surface area (Å²) in [6.07, 6.45) is 4.24. The number of nitrogens with zero attached hydrogens (tertiary/aromatic N) is 5. The summed E-state index contributed by atoms with van der Waals surface area (Å²) in [5.74, 6) is 0.638. The first-order chi connectivity index (χ1) is 22.3. The van der Waals surface area contributed by atoms with Crippen molar-refractivity contribution in [1.82, 2.24) is 19.7 Å². The molecule has 2 fully saturated rings. The fourth-order valence-corrected chi connectivity index (χ4v) is 6.59. The third-order valence-electron chi connectivity index (χ3n) is 9.11. The van der Waals surface area contributed by atoms with Gasteiger partial charge in [0.05, 0.1) is 18.7 Å². The van der Waals surface area contributed by atoms with Gasteiger partial charge in [-0.25, -0.2) is 14.6 Å². The Balaban J connectivity index is 1.26. The van der Waals surface area contributed by atoms with Crippen LogP contribution in [0.25, 0.3) is 11.1 Å². The van der Waals surface area contributed by atoms with Crippen molar-refractivity contribution in [3.8, 4) is 23.1 Å². The molecule has 3 aliphatic rings. The van der Waals surface area contributed by atoms with E-state index in [4.69, 9.17) is 14.2 Å². The number of hydrogen-bond donors (Lipinski definition) is 0. The lowest BCUT2D eigenvalue weighted by Gasteiger charge is -2.39. The highest BCUT2D eigenvalue weighted by atomic mass is 16.6. The zero-order chi connectivity index (χ0) is 33.9. The quantitative estimate of drug-likeness (QED) is 0.378. The van der Waals surface area contributed by atoms with Crippen LogP contribution in [0.4, 0.5) is 9.59 Å². The number of nitriles is 1. The number of hydrogen-bond acceptors (Lipinski definition) is 8. The third kappa shape index (κ3) is 8.16. The van der Waals surface area contributed by atoms with Crippen LogP contribution in [0.15, 0.2) is 36.5 Å². The number of likely N-dealkylation sites (tertiary alicyclic amines) is 2. The zero-order valence-corrected chi connectivity index (χ0v) is 28.4. The summed E-state index contributed by atoms with van der Waals surface area (Å²) in [7, 11) is 0. The summed E-state index contributed by atoms with van der Waals surface area (Å²) in [5.41, 5.74) is 3.05. The van der Waals surface area contributed by atoms with Gasteiger partial charge in [0, 0.05) is 43.9 Å². The average molecular weight is 646 g/mol. The summed E-state index contributed by atoms with van der Waals surface area (Å²) in [5, 5.41) is 9.60. The molecule has 3 amide bonds. The maximum Gasteiger partial charge on any atom is 0.411 e. The highest BCUT2D eigenvalue weighted by Gasteiger charge is 2.42. The maximum absolute atomic E-state index is 13.7. The lowest BCUT2D eigenvalue weighted by atomic mass is 9.90. The molecular formula is C36H47N5O6. The van der Waals surface area contributed by atoms with E-state index in [9.17, 15) is 19.6 Å². The molecule has 3 aliphatic heterocycles. The second-order valence-electron chi connectivity index (χ2n) is 14.1. The number of carbonyl (C=O) groups is 3. The Hall–Kier alpha value is -4.33. The molecule has 0 spiro atoms. The van der Waals surface area contributed by atoms with Crippen LogP contribution in [0.3, 0.4) is 0 Å². The topological polar surface area (TPSA) is 125 Å². The Kier molecular flexibility index (Phi) is 10.3. The molecule has 2 saturated heterocycles. The Morgan fingerprint density at radius 1 is 0.936 bits per heavy atom. The van der Waals surface area contributed by atoms with Crippen molar-refractivity contribution in [3.05, 3.63) is 47.7 Å². The van der Waals surface area contributed by atoms with Crippen molar-refractivity contribution in [1.29, 1.82) is 5.26 Å². The van der Waals surface area contributed by atoms with E-state index in [1.165, 1.54) is 4.90 Å². The van der Waals surface area contributed by atoms with Gasteiger partial charge >= 0.3 is 12.2 Å². The van der Waals surface area contributed by atoms with Crippen molar-refractivity contribution < 1.29 is 28.6 Å². The van der Waals surface area contributed by atoms with Crippen LogP contribution < -0.4 is 4.74 Å². The number of benzene rings is 1. The van der Waals surface area contributed by atoms with Gasteiger partial charge in [-0.15, -0.1) is 0 Å². The summed E-state index contributed by atoms with van der Waals surface area (Å²) in [4.78, 5) is 48.8. The molecule has 0 aliphatic carbocycles. The number of carbonyl (C=O) groups excluding carboxylic acids is 3. The van der Waals surface area contributed by atoms with Crippen LogP contribution >= 0.6 is 0 Å². The first-order valence-corrected chi connectivity index (χ1v) is 16.7. The minimum atomic E-state index is -0.738. The number of amides is 3. The van der Waals surface area contributed by atoms with E-state index in [1.807, 2.05) is 51.1 Å². The average Bonchev–Trinajstić information content (AvgIpc) is 3.52. The molecule has 3 atom stereocenters. The molecule has 252 valence electrons. The van der Waals surface area contributed by atoms with Crippen molar-refractivity contribution in [2.75, 3.05) is 19.6 Å². The number of ether oxygens (including phenoxy) is 3. The highest BCUT2D eigenvalue weighted by molar-refractivity contribution is 5.87. The van der Waals surface area contributed by atoms with Crippen LogP contribution in [0, 0.1) is 17.2 Å². The van der Waals surface area contributed by atoms with Crippen LogP contribution in [0.1, 0.15) is 78.4 Å². The number of fused-ring (bicyclic) bond motifs is 1. The summed E-state index contributed by atoms with van der Waals surface area (Å²) < 4.78 is 17.3. The van der Waals surface area contributed by atoms with Gasteiger partial charge in [0.25, 0.3) is 0 Å². The number of piperidine rings is 1. The molecule has 0 saturated carbocycles. The highest BCUT2D eigenvalue weighted by Crippen LogP contribution is 2.32. The van der Waals surface area contributed by atoms with Gasteiger partial charge in [-0.1, -0.05) is 12.1 Å². The van der Waals surface area contributed by atoms with E-state index in [0.29, 0.717) is 44.3 Å². The van der Waals surface area contributed by atoms with Gasteiger partial charge in [0.15, 0.2) is 0 Å². The largest absolute Gasteiger partial charge is 0.474 e. The van der Waals surface area contributed by atoms with Gasteiger partial charge in [-0.3, -0.25) is 9.69 Å². The number of rotatable bonds is 6. The molecule has 11 heteroatoms. The van der Waals surface area contributed by atoms with Crippen LogP contribution in [0.2, 0.25) is 0 Å². The molecule has 0 N–H and O–H groups in total. The second kappa shape index (κ2) is 14.2. The first-order valence-electron chi connectivity index (χ1n) is 16.7. The van der Waals surface area contributed by atoms with E-state index >= 15 is 0 Å². The van der Waals surface area contributed by atoms with Gasteiger partial charge in [0.2, 0.25) is 11.8 Å². The number of pyridine rings is 1. The summed E-state index contributed by atoms with van der Waals surface area (Å²) >= 11 is 0. The van der Waals surface area contributed by atoms with Crippen LogP contribution in [-0.4, -0.2) is 87.3 Å². The standard InChI is InChI=1S/C36H47N5O6/c1-23(2)45-34(43)39-16-13-25(14-17-39)24(3)46-32-12-11-28(21-38-32)26-9-10-27-19-31(33(42)40-15-7-8-30(40)20-37)41(22-29(27)18-26)35(44)47-36(4,5)6/h9-12,18,21,23-25,30-31H,7-8,13-17,19,22H2,1-6H3/t24-,30?,31?/m1/s1. The fourth-order valence-electron chi connectivity index (χ4n) is 6.59. The van der Waals surface area contributed by atoms with Gasteiger partial charge < -0.3 is 24.0 Å². The molecule has 0 radical (unpaired) electrons. The van der Waals surface area contributed by atoms with Gasteiger partial charge in [0.1, 0.15) is 23.8 Å². The van der Waals surface area contributed by atoms with E-state index in [1.54, 1.807) is 36.8 Å². The Morgan fingerprint density at radius 3 is 2.30 bits per heavy atom. The first kappa shape index (κ1) is 34.0. The van der Waals surface area contributed by atoms with Crippen molar-refractivity contribution in [2.24, 2.45) is 5.92 Å². The van der Waals surface area contributed by atoms with Gasteiger partial charge in [-0.05, 0) is 102 Å². The Labute approximate surface area is 277 Å². The van der Waals surface area contributed by atoms with E-state index < -0.39 is 23.8 Å². The van der Waals surface area contributed by atoms with E-state index in [0.717, 1.165) is 41.5 Å². The minimum absolute atomic E-state index is 0.0566.